The maximum Gasteiger partial charge on any atom is 0.226 e. The number of para-hydroxylation sites is 1. The number of amides is 1. The number of carbonyl (C=O) groups excluding carboxylic acids is 1. The van der Waals surface area contributed by atoms with Crippen molar-refractivity contribution in [2.24, 2.45) is 0 Å². The zero-order chi connectivity index (χ0) is 24.8. The van der Waals surface area contributed by atoms with Gasteiger partial charge < -0.3 is 10.1 Å². The number of hydrogen-bond acceptors (Lipinski definition) is 6. The molecule has 0 bridgehead atoms. The highest BCUT2D eigenvalue weighted by molar-refractivity contribution is 5.95. The Morgan fingerprint density at radius 3 is 2.69 bits per heavy atom. The largest absolute Gasteiger partial charge is 0.488 e. The van der Waals surface area contributed by atoms with Gasteiger partial charge in [0.2, 0.25) is 5.91 Å². The van der Waals surface area contributed by atoms with Gasteiger partial charge in [-0.15, -0.1) is 15.3 Å². The molecule has 10 heteroatoms. The average molecular weight is 484 g/mol. The maximum atomic E-state index is 14.2. The molecule has 0 saturated carbocycles. The lowest BCUT2D eigenvalue weighted by atomic mass is 9.85. The van der Waals surface area contributed by atoms with E-state index in [1.165, 1.54) is 6.07 Å². The van der Waals surface area contributed by atoms with Crippen molar-refractivity contribution < 1.29 is 13.9 Å². The topological polar surface area (TPSA) is 99.2 Å². The van der Waals surface area contributed by atoms with Crippen LogP contribution in [0.15, 0.2) is 60.7 Å². The Morgan fingerprint density at radius 1 is 1.03 bits per heavy atom. The lowest BCUT2D eigenvalue weighted by Crippen LogP contribution is -2.25. The van der Waals surface area contributed by atoms with Crippen molar-refractivity contribution in [3.05, 3.63) is 94.7 Å². The molecule has 1 atom stereocenters. The van der Waals surface area contributed by atoms with E-state index >= 15 is 0 Å². The summed E-state index contributed by atoms with van der Waals surface area (Å²) in [4.78, 5) is 12.9. The highest BCUT2D eigenvalue weighted by atomic mass is 19.1. The third-order valence-corrected chi connectivity index (χ3v) is 6.36. The Bertz CT molecular complexity index is 1620. The number of aromatic nitrogens is 6. The molecule has 3 aromatic heterocycles. The maximum absolute atomic E-state index is 14.2. The Hall–Kier alpha value is -4.60. The molecule has 0 fully saturated rings. The van der Waals surface area contributed by atoms with Gasteiger partial charge in [0.15, 0.2) is 17.3 Å². The standard InChI is InChI=1S/C26H22FN7O2/c1-15-25-19(18-8-4-6-10-21(18)36-14-17-7-3-5-9-20(17)27)13-24(35)28-26(25)34(31-15)23-12-11-22-30-29-16(2)33(22)32-23/h3-12,19H,13-14H2,1-2H3,(H,28,35)/t19-/m1/s1. The van der Waals surface area contributed by atoms with Crippen LogP contribution in [0.3, 0.4) is 0 Å². The van der Waals surface area contributed by atoms with Crippen molar-refractivity contribution in [2.75, 3.05) is 5.32 Å². The van der Waals surface area contributed by atoms with E-state index in [2.05, 4.69) is 20.6 Å². The third-order valence-electron chi connectivity index (χ3n) is 6.36. The van der Waals surface area contributed by atoms with Crippen molar-refractivity contribution in [1.82, 2.24) is 29.6 Å². The van der Waals surface area contributed by atoms with Gasteiger partial charge in [-0.2, -0.15) is 14.3 Å². The van der Waals surface area contributed by atoms with Crippen molar-refractivity contribution >= 4 is 17.4 Å². The van der Waals surface area contributed by atoms with Gasteiger partial charge in [-0.05, 0) is 38.1 Å². The molecule has 5 aromatic rings. The molecular formula is C26H22FN7O2. The number of fused-ring (bicyclic) bond motifs is 2. The van der Waals surface area contributed by atoms with Gasteiger partial charge in [-0.25, -0.2) is 4.39 Å². The van der Waals surface area contributed by atoms with Gasteiger partial charge in [0.25, 0.3) is 0 Å². The zero-order valence-electron chi connectivity index (χ0n) is 19.6. The third kappa shape index (κ3) is 3.67. The molecule has 1 amide bonds. The summed E-state index contributed by atoms with van der Waals surface area (Å²) in [5, 5.41) is 20.5. The van der Waals surface area contributed by atoms with Crippen LogP contribution in [-0.2, 0) is 11.4 Å². The van der Waals surface area contributed by atoms with E-state index < -0.39 is 0 Å². The van der Waals surface area contributed by atoms with Crippen LogP contribution in [0, 0.1) is 19.7 Å². The Labute approximate surface area is 205 Å². The van der Waals surface area contributed by atoms with E-state index in [1.807, 2.05) is 38.1 Å². The van der Waals surface area contributed by atoms with Crippen LogP contribution in [-0.4, -0.2) is 35.5 Å². The van der Waals surface area contributed by atoms with Crippen molar-refractivity contribution in [3.8, 4) is 11.6 Å². The monoisotopic (exact) mass is 483 g/mol. The first kappa shape index (κ1) is 21.9. The van der Waals surface area contributed by atoms with Gasteiger partial charge in [-0.3, -0.25) is 4.79 Å². The fraction of sp³-hybridized carbons (Fsp3) is 0.192. The van der Waals surface area contributed by atoms with Crippen LogP contribution in [0.25, 0.3) is 11.5 Å². The fourth-order valence-corrected chi connectivity index (χ4v) is 4.65. The van der Waals surface area contributed by atoms with E-state index in [0.717, 1.165) is 16.8 Å². The van der Waals surface area contributed by atoms with E-state index in [-0.39, 0.29) is 30.7 Å². The number of halogens is 1. The first-order valence-electron chi connectivity index (χ1n) is 11.5. The molecule has 4 heterocycles. The van der Waals surface area contributed by atoms with E-state index in [1.54, 1.807) is 39.5 Å². The quantitative estimate of drug-likeness (QED) is 0.404. The van der Waals surface area contributed by atoms with Crippen LogP contribution in [0.4, 0.5) is 10.2 Å². The molecule has 180 valence electrons. The van der Waals surface area contributed by atoms with Crippen LogP contribution in [0.2, 0.25) is 0 Å². The summed E-state index contributed by atoms with van der Waals surface area (Å²) in [5.74, 6) is 1.58. The number of rotatable bonds is 5. The number of anilines is 1. The van der Waals surface area contributed by atoms with E-state index in [0.29, 0.717) is 34.4 Å². The highest BCUT2D eigenvalue weighted by Gasteiger charge is 2.34. The number of aryl methyl sites for hydroxylation is 2. The van der Waals surface area contributed by atoms with E-state index in [9.17, 15) is 9.18 Å². The Balaban J connectivity index is 1.41. The van der Waals surface area contributed by atoms with Crippen molar-refractivity contribution in [3.63, 3.8) is 0 Å². The Kier molecular flexibility index (Phi) is 5.21. The van der Waals surface area contributed by atoms with E-state index in [4.69, 9.17) is 9.84 Å². The van der Waals surface area contributed by atoms with Gasteiger partial charge in [0, 0.05) is 29.0 Å². The zero-order valence-corrected chi connectivity index (χ0v) is 19.6. The van der Waals surface area contributed by atoms with Crippen LogP contribution >= 0.6 is 0 Å². The summed E-state index contributed by atoms with van der Waals surface area (Å²) in [7, 11) is 0. The SMILES string of the molecule is Cc1nn(-c2ccc3nnc(C)n3n2)c2c1[C@@H](c1ccccc1OCc1ccccc1F)CC(=O)N2. The first-order chi connectivity index (χ1) is 17.5. The molecular weight excluding hydrogens is 461 g/mol. The molecule has 36 heavy (non-hydrogen) atoms. The van der Waals surface area contributed by atoms with Crippen LogP contribution in [0.1, 0.15) is 40.5 Å². The Morgan fingerprint density at radius 2 is 1.83 bits per heavy atom. The first-order valence-corrected chi connectivity index (χ1v) is 11.5. The number of hydrogen-bond donors (Lipinski definition) is 1. The van der Waals surface area contributed by atoms with Gasteiger partial charge in [0.1, 0.15) is 24.0 Å². The average Bonchev–Trinajstić information content (AvgIpc) is 3.42. The van der Waals surface area contributed by atoms with Gasteiger partial charge in [0.05, 0.1) is 5.69 Å². The molecule has 1 aliphatic heterocycles. The lowest BCUT2D eigenvalue weighted by molar-refractivity contribution is -0.116. The number of nitrogens with one attached hydrogen (secondary N) is 1. The molecule has 0 radical (unpaired) electrons. The normalized spacial score (nSPS) is 15.1. The second-order valence-corrected chi connectivity index (χ2v) is 8.69. The molecule has 9 nitrogen and oxygen atoms in total. The smallest absolute Gasteiger partial charge is 0.226 e. The molecule has 0 aliphatic carbocycles. The number of benzene rings is 2. The van der Waals surface area contributed by atoms with Gasteiger partial charge in [-0.1, -0.05) is 36.4 Å². The minimum atomic E-state index is -0.320. The van der Waals surface area contributed by atoms with Gasteiger partial charge >= 0.3 is 0 Å². The van der Waals surface area contributed by atoms with Crippen LogP contribution < -0.4 is 10.1 Å². The second kappa shape index (κ2) is 8.56. The molecule has 6 rings (SSSR count). The summed E-state index contributed by atoms with van der Waals surface area (Å²) < 4.78 is 23.5. The lowest BCUT2D eigenvalue weighted by Gasteiger charge is -2.26. The fourth-order valence-electron chi connectivity index (χ4n) is 4.65. The highest BCUT2D eigenvalue weighted by Crippen LogP contribution is 2.43. The second-order valence-electron chi connectivity index (χ2n) is 8.69. The molecule has 0 spiro atoms. The predicted octanol–water partition coefficient (Wildman–Crippen LogP) is 4.12. The molecule has 0 saturated heterocycles. The molecule has 1 N–H and O–H groups in total. The summed E-state index contributed by atoms with van der Waals surface area (Å²) in [5.41, 5.74) is 3.58. The summed E-state index contributed by atoms with van der Waals surface area (Å²) >= 11 is 0. The van der Waals surface area contributed by atoms with Crippen LogP contribution in [0.5, 0.6) is 5.75 Å². The summed E-state index contributed by atoms with van der Waals surface area (Å²) in [6.45, 7) is 3.80. The number of carbonyl (C=O) groups is 1. The minimum absolute atomic E-state index is 0.0793. The summed E-state index contributed by atoms with van der Waals surface area (Å²) in [6.07, 6.45) is 0.233. The predicted molar refractivity (Wildman–Crippen MR) is 130 cm³/mol. The molecule has 2 aromatic carbocycles. The molecule has 1 aliphatic rings. The van der Waals surface area contributed by atoms with Crippen molar-refractivity contribution in [2.45, 2.75) is 32.8 Å². The summed E-state index contributed by atoms with van der Waals surface area (Å²) in [6, 6.07) is 17.7. The molecule has 0 unspecified atom stereocenters. The number of ether oxygens (including phenoxy) is 1. The van der Waals surface area contributed by atoms with Crippen molar-refractivity contribution in [1.29, 1.82) is 0 Å². The minimum Gasteiger partial charge on any atom is -0.488 e. The number of nitrogens with zero attached hydrogens (tertiary/aromatic N) is 6.